The average molecular weight is 574 g/mol. The number of amides is 2. The first kappa shape index (κ1) is 27.5. The summed E-state index contributed by atoms with van der Waals surface area (Å²) in [4.78, 5) is 33.2. The van der Waals surface area contributed by atoms with Crippen LogP contribution in [0.4, 0.5) is 5.82 Å². The summed E-state index contributed by atoms with van der Waals surface area (Å²) in [5.74, 6) is 0.438. The Morgan fingerprint density at radius 3 is 2.40 bits per heavy atom. The SMILES string of the molecule is Cc1ccc(-n2nc(-c3ccccc3)c3c2N(CC(=O)NCc2ccccn2)C(=O)CSC3c2ccccc2C)cc1. The minimum atomic E-state index is -0.266. The van der Waals surface area contributed by atoms with Crippen molar-refractivity contribution in [3.63, 3.8) is 0 Å². The number of carbonyl (C=O) groups is 2. The summed E-state index contributed by atoms with van der Waals surface area (Å²) in [6, 6.07) is 32.0. The van der Waals surface area contributed by atoms with Gasteiger partial charge < -0.3 is 5.32 Å². The second kappa shape index (κ2) is 12.0. The van der Waals surface area contributed by atoms with Crippen LogP contribution in [0.2, 0.25) is 0 Å². The number of pyridine rings is 1. The molecule has 8 heteroatoms. The first-order chi connectivity index (χ1) is 20.5. The summed E-state index contributed by atoms with van der Waals surface area (Å²) in [6.45, 7) is 4.28. The lowest BCUT2D eigenvalue weighted by molar-refractivity contribution is -0.123. The van der Waals surface area contributed by atoms with Crippen LogP contribution >= 0.6 is 11.8 Å². The molecule has 1 N–H and O–H groups in total. The number of rotatable bonds is 7. The third-order valence-electron chi connectivity index (χ3n) is 7.38. The van der Waals surface area contributed by atoms with Gasteiger partial charge in [0.1, 0.15) is 12.4 Å². The van der Waals surface area contributed by atoms with Crippen LogP contribution in [0.15, 0.2) is 103 Å². The minimum Gasteiger partial charge on any atom is -0.349 e. The van der Waals surface area contributed by atoms with Gasteiger partial charge in [0.05, 0.1) is 34.6 Å². The highest BCUT2D eigenvalue weighted by atomic mass is 32.2. The van der Waals surface area contributed by atoms with Gasteiger partial charge in [-0.3, -0.25) is 19.5 Å². The van der Waals surface area contributed by atoms with Gasteiger partial charge in [-0.05, 0) is 49.2 Å². The molecule has 0 aliphatic carbocycles. The fraction of sp³-hybridized carbons (Fsp3) is 0.176. The minimum absolute atomic E-state index is 0.133. The van der Waals surface area contributed by atoms with E-state index in [-0.39, 0.29) is 35.9 Å². The van der Waals surface area contributed by atoms with E-state index < -0.39 is 0 Å². The number of aromatic nitrogens is 3. The molecule has 0 saturated heterocycles. The zero-order valence-electron chi connectivity index (χ0n) is 23.5. The Morgan fingerprint density at radius 1 is 0.929 bits per heavy atom. The molecular weight excluding hydrogens is 542 g/mol. The fourth-order valence-corrected chi connectivity index (χ4v) is 6.51. The number of hydrogen-bond acceptors (Lipinski definition) is 5. The van der Waals surface area contributed by atoms with Crippen molar-refractivity contribution in [2.45, 2.75) is 25.6 Å². The van der Waals surface area contributed by atoms with E-state index >= 15 is 0 Å². The number of thioether (sulfide) groups is 1. The van der Waals surface area contributed by atoms with Crippen LogP contribution in [0.1, 0.15) is 33.2 Å². The summed E-state index contributed by atoms with van der Waals surface area (Å²) in [6.07, 6.45) is 1.69. The number of anilines is 1. The highest BCUT2D eigenvalue weighted by Crippen LogP contribution is 2.49. The molecule has 0 bridgehead atoms. The van der Waals surface area contributed by atoms with Crippen LogP contribution in [0.5, 0.6) is 0 Å². The van der Waals surface area contributed by atoms with Crippen LogP contribution in [0.3, 0.4) is 0 Å². The Hall–Kier alpha value is -4.69. The zero-order chi connectivity index (χ0) is 29.1. The molecule has 3 aromatic carbocycles. The van der Waals surface area contributed by atoms with Crippen molar-refractivity contribution in [3.8, 4) is 16.9 Å². The van der Waals surface area contributed by atoms with Crippen LogP contribution in [0, 0.1) is 13.8 Å². The number of nitrogens with zero attached hydrogens (tertiary/aromatic N) is 4. The fourth-order valence-electron chi connectivity index (χ4n) is 5.21. The lowest BCUT2D eigenvalue weighted by atomic mass is 9.97. The van der Waals surface area contributed by atoms with Crippen molar-refractivity contribution in [1.29, 1.82) is 0 Å². The van der Waals surface area contributed by atoms with Gasteiger partial charge in [-0.25, -0.2) is 4.68 Å². The number of hydrogen-bond donors (Lipinski definition) is 1. The Bertz CT molecular complexity index is 1720. The van der Waals surface area contributed by atoms with E-state index in [1.54, 1.807) is 22.9 Å². The highest BCUT2D eigenvalue weighted by Gasteiger charge is 2.38. The summed E-state index contributed by atoms with van der Waals surface area (Å²) in [5.41, 5.74) is 7.62. The molecule has 6 rings (SSSR count). The normalized spacial score (nSPS) is 14.8. The molecule has 2 aromatic heterocycles. The number of nitrogens with one attached hydrogen (secondary N) is 1. The molecule has 7 nitrogen and oxygen atoms in total. The molecule has 1 atom stereocenters. The molecule has 1 aliphatic heterocycles. The number of benzene rings is 3. The third-order valence-corrected chi connectivity index (χ3v) is 8.62. The van der Waals surface area contributed by atoms with E-state index in [0.29, 0.717) is 5.82 Å². The standard InChI is InChI=1S/C34H31N5O2S/c1-23-15-17-27(18-16-23)39-34-31(32(37-39)25-11-4-3-5-12-25)33(28-14-7-6-10-24(28)2)42-22-30(41)38(34)21-29(40)36-20-26-13-8-9-19-35-26/h3-19,33H,20-22H2,1-2H3,(H,36,40). The Kier molecular flexibility index (Phi) is 7.88. The van der Waals surface area contributed by atoms with Gasteiger partial charge in [0.15, 0.2) is 0 Å². The van der Waals surface area contributed by atoms with Gasteiger partial charge in [0.2, 0.25) is 11.8 Å². The van der Waals surface area contributed by atoms with Gasteiger partial charge in [0.25, 0.3) is 0 Å². The maximum Gasteiger partial charge on any atom is 0.240 e. The van der Waals surface area contributed by atoms with Crippen LogP contribution in [-0.4, -0.2) is 38.9 Å². The average Bonchev–Trinajstić information content (AvgIpc) is 3.34. The molecule has 1 aliphatic rings. The predicted molar refractivity (Wildman–Crippen MR) is 168 cm³/mol. The number of fused-ring (bicyclic) bond motifs is 1. The highest BCUT2D eigenvalue weighted by molar-refractivity contribution is 8.00. The maximum absolute atomic E-state index is 13.9. The molecule has 0 saturated carbocycles. The van der Waals surface area contributed by atoms with E-state index in [4.69, 9.17) is 5.10 Å². The van der Waals surface area contributed by atoms with Crippen molar-refractivity contribution >= 4 is 29.4 Å². The number of carbonyl (C=O) groups excluding carboxylic acids is 2. The molecule has 42 heavy (non-hydrogen) atoms. The molecule has 0 fully saturated rings. The molecule has 5 aromatic rings. The van der Waals surface area contributed by atoms with E-state index in [1.165, 1.54) is 0 Å². The molecular formula is C34H31N5O2S. The van der Waals surface area contributed by atoms with Crippen LogP contribution in [-0.2, 0) is 16.1 Å². The lowest BCUT2D eigenvalue weighted by Gasteiger charge is -2.23. The van der Waals surface area contributed by atoms with E-state index in [0.717, 1.165) is 44.9 Å². The number of aryl methyl sites for hydroxylation is 2. The van der Waals surface area contributed by atoms with Gasteiger partial charge in [-0.1, -0.05) is 78.4 Å². The molecule has 210 valence electrons. The van der Waals surface area contributed by atoms with Gasteiger partial charge in [-0.15, -0.1) is 11.8 Å². The topological polar surface area (TPSA) is 80.1 Å². The van der Waals surface area contributed by atoms with Gasteiger partial charge in [-0.2, -0.15) is 5.10 Å². The molecule has 2 amide bonds. The molecule has 1 unspecified atom stereocenters. The van der Waals surface area contributed by atoms with Crippen molar-refractivity contribution < 1.29 is 9.59 Å². The monoisotopic (exact) mass is 573 g/mol. The summed E-state index contributed by atoms with van der Waals surface area (Å²) in [7, 11) is 0. The second-order valence-corrected chi connectivity index (χ2v) is 11.4. The van der Waals surface area contributed by atoms with Gasteiger partial charge >= 0.3 is 0 Å². The van der Waals surface area contributed by atoms with Crippen molar-refractivity contribution in [3.05, 3.63) is 131 Å². The van der Waals surface area contributed by atoms with Crippen molar-refractivity contribution in [2.75, 3.05) is 17.2 Å². The second-order valence-electron chi connectivity index (χ2n) is 10.3. The lowest BCUT2D eigenvalue weighted by Crippen LogP contribution is -2.42. The Balaban J connectivity index is 1.52. The van der Waals surface area contributed by atoms with Gasteiger partial charge in [0, 0.05) is 17.3 Å². The van der Waals surface area contributed by atoms with Crippen molar-refractivity contribution in [1.82, 2.24) is 20.1 Å². The first-order valence-electron chi connectivity index (χ1n) is 13.9. The quantitative estimate of drug-likeness (QED) is 0.257. The van der Waals surface area contributed by atoms with E-state index in [1.807, 2.05) is 96.5 Å². The molecule has 3 heterocycles. The Labute approximate surface area is 249 Å². The third kappa shape index (κ3) is 5.58. The summed E-state index contributed by atoms with van der Waals surface area (Å²) >= 11 is 1.58. The predicted octanol–water partition coefficient (Wildman–Crippen LogP) is 6.04. The molecule has 0 radical (unpaired) electrons. The first-order valence-corrected chi connectivity index (χ1v) is 14.9. The van der Waals surface area contributed by atoms with Crippen molar-refractivity contribution in [2.24, 2.45) is 0 Å². The smallest absolute Gasteiger partial charge is 0.240 e. The summed E-state index contributed by atoms with van der Waals surface area (Å²) < 4.78 is 1.83. The zero-order valence-corrected chi connectivity index (χ0v) is 24.3. The van der Waals surface area contributed by atoms with E-state index in [9.17, 15) is 9.59 Å². The maximum atomic E-state index is 13.9. The largest absolute Gasteiger partial charge is 0.349 e. The summed E-state index contributed by atoms with van der Waals surface area (Å²) in [5, 5.41) is 7.94. The van der Waals surface area contributed by atoms with Crippen LogP contribution in [0.25, 0.3) is 16.9 Å². The van der Waals surface area contributed by atoms with Crippen LogP contribution < -0.4 is 10.2 Å². The molecule has 0 spiro atoms. The Morgan fingerprint density at radius 2 is 1.67 bits per heavy atom. The van der Waals surface area contributed by atoms with E-state index in [2.05, 4.69) is 29.4 Å².